The second kappa shape index (κ2) is 10.0. The first-order valence-electron chi connectivity index (χ1n) is 9.39. The summed E-state index contributed by atoms with van der Waals surface area (Å²) in [5, 5.41) is 16.1. The van der Waals surface area contributed by atoms with Crippen molar-refractivity contribution in [3.05, 3.63) is 61.1 Å². The lowest BCUT2D eigenvalue weighted by Crippen LogP contribution is -2.38. The molecule has 0 saturated carbocycles. The molecule has 0 aliphatic rings. The molecule has 0 radical (unpaired) electrons. The number of halogens is 2. The van der Waals surface area contributed by atoms with E-state index < -0.39 is 0 Å². The third kappa shape index (κ3) is 5.58. The van der Waals surface area contributed by atoms with Gasteiger partial charge >= 0.3 is 0 Å². The van der Waals surface area contributed by atoms with E-state index in [1.54, 1.807) is 30.3 Å². The van der Waals surface area contributed by atoms with Crippen LogP contribution in [0.1, 0.15) is 51.7 Å². The van der Waals surface area contributed by atoms with E-state index in [0.29, 0.717) is 30.2 Å². The third-order valence-corrected chi connectivity index (χ3v) is 7.17. The SMILES string of the molecule is CC(C)NC(=O)c1ccc(C(=O)NNC(C)c2csc(-c3ccc(Cl)c(Cl)c3)c2O)s1. The molecule has 1 unspecified atom stereocenters. The monoisotopic (exact) mass is 497 g/mol. The van der Waals surface area contributed by atoms with E-state index >= 15 is 0 Å². The number of amides is 2. The molecule has 0 bridgehead atoms. The number of thiophene rings is 2. The highest BCUT2D eigenvalue weighted by Gasteiger charge is 2.19. The zero-order valence-corrected chi connectivity index (χ0v) is 20.1. The maximum absolute atomic E-state index is 12.4. The summed E-state index contributed by atoms with van der Waals surface area (Å²) in [7, 11) is 0. The molecule has 3 aromatic rings. The number of aromatic hydroxyl groups is 1. The Hall–Kier alpha value is -2.10. The van der Waals surface area contributed by atoms with E-state index in [-0.39, 0.29) is 29.6 Å². The van der Waals surface area contributed by atoms with E-state index in [1.165, 1.54) is 11.3 Å². The highest BCUT2D eigenvalue weighted by molar-refractivity contribution is 7.16. The average Bonchev–Trinajstić information content (AvgIpc) is 3.35. The number of rotatable bonds is 7. The number of carbonyl (C=O) groups is 2. The average molecular weight is 498 g/mol. The van der Waals surface area contributed by atoms with Gasteiger partial charge in [0.25, 0.3) is 11.8 Å². The van der Waals surface area contributed by atoms with Crippen LogP contribution in [-0.4, -0.2) is 23.0 Å². The second-order valence-corrected chi connectivity index (χ2v) is 9.89. The summed E-state index contributed by atoms with van der Waals surface area (Å²) in [6, 6.07) is 8.04. The largest absolute Gasteiger partial charge is 0.506 e. The fourth-order valence-electron chi connectivity index (χ4n) is 2.74. The minimum Gasteiger partial charge on any atom is -0.506 e. The van der Waals surface area contributed by atoms with Crippen molar-refractivity contribution in [2.24, 2.45) is 0 Å². The minimum absolute atomic E-state index is 0.0153. The molecule has 164 valence electrons. The Labute approximate surface area is 198 Å². The zero-order valence-electron chi connectivity index (χ0n) is 17.0. The second-order valence-electron chi connectivity index (χ2n) is 7.11. The topological polar surface area (TPSA) is 90.5 Å². The molecule has 10 heteroatoms. The van der Waals surface area contributed by atoms with Crippen LogP contribution in [0.3, 0.4) is 0 Å². The van der Waals surface area contributed by atoms with Gasteiger partial charge < -0.3 is 10.4 Å². The number of hydrazine groups is 1. The zero-order chi connectivity index (χ0) is 22.7. The van der Waals surface area contributed by atoms with Crippen molar-refractivity contribution in [2.75, 3.05) is 0 Å². The van der Waals surface area contributed by atoms with Crippen LogP contribution < -0.4 is 16.2 Å². The summed E-state index contributed by atoms with van der Waals surface area (Å²) < 4.78 is 0. The lowest BCUT2D eigenvalue weighted by molar-refractivity contribution is 0.0928. The molecule has 4 N–H and O–H groups in total. The van der Waals surface area contributed by atoms with Crippen molar-refractivity contribution in [2.45, 2.75) is 32.9 Å². The molecule has 0 aliphatic carbocycles. The first-order chi connectivity index (χ1) is 14.7. The summed E-state index contributed by atoms with van der Waals surface area (Å²) in [5.74, 6) is -0.459. The van der Waals surface area contributed by atoms with E-state index in [1.807, 2.05) is 26.2 Å². The highest BCUT2D eigenvalue weighted by Crippen LogP contribution is 2.42. The molecular weight excluding hydrogens is 477 g/mol. The number of carbonyl (C=O) groups excluding carboxylic acids is 2. The van der Waals surface area contributed by atoms with Gasteiger partial charge in [0, 0.05) is 17.0 Å². The first kappa shape index (κ1) is 23.6. The van der Waals surface area contributed by atoms with Gasteiger partial charge in [0.05, 0.1) is 30.7 Å². The molecule has 31 heavy (non-hydrogen) atoms. The Morgan fingerprint density at radius 1 is 1.00 bits per heavy atom. The van der Waals surface area contributed by atoms with Gasteiger partial charge in [-0.1, -0.05) is 29.3 Å². The van der Waals surface area contributed by atoms with Crippen LogP contribution in [0.2, 0.25) is 10.0 Å². The van der Waals surface area contributed by atoms with Crippen LogP contribution in [0, 0.1) is 0 Å². The van der Waals surface area contributed by atoms with Gasteiger partial charge in [-0.15, -0.1) is 22.7 Å². The van der Waals surface area contributed by atoms with Crippen LogP contribution in [0.5, 0.6) is 5.75 Å². The lowest BCUT2D eigenvalue weighted by Gasteiger charge is -2.14. The van der Waals surface area contributed by atoms with Crippen LogP contribution in [0.25, 0.3) is 10.4 Å². The Balaban J connectivity index is 1.65. The fourth-order valence-corrected chi connectivity index (χ4v) is 4.90. The van der Waals surface area contributed by atoms with Crippen molar-refractivity contribution in [1.82, 2.24) is 16.2 Å². The molecule has 0 aliphatic heterocycles. The van der Waals surface area contributed by atoms with Crippen LogP contribution in [0.15, 0.2) is 35.7 Å². The van der Waals surface area contributed by atoms with Gasteiger partial charge in [-0.25, -0.2) is 5.43 Å². The molecule has 2 heterocycles. The summed E-state index contributed by atoms with van der Waals surface area (Å²) in [4.78, 5) is 26.0. The van der Waals surface area contributed by atoms with Crippen LogP contribution in [-0.2, 0) is 0 Å². The Morgan fingerprint density at radius 3 is 2.32 bits per heavy atom. The molecule has 2 aromatic heterocycles. The van der Waals surface area contributed by atoms with Gasteiger partial charge in [-0.3, -0.25) is 15.0 Å². The standard InChI is InChI=1S/C21H21Cl2N3O3S2/c1-10(2)24-20(28)16-6-7-17(31-16)21(29)26-25-11(3)13-9-30-19(18(13)27)12-4-5-14(22)15(23)8-12/h4-11,25,27H,1-3H3,(H,24,28)(H,26,29). The first-order valence-corrected chi connectivity index (χ1v) is 11.8. The smallest absolute Gasteiger partial charge is 0.275 e. The number of hydrogen-bond acceptors (Lipinski definition) is 6. The number of nitrogens with one attached hydrogen (secondary N) is 3. The Morgan fingerprint density at radius 2 is 1.68 bits per heavy atom. The fraction of sp³-hybridized carbons (Fsp3) is 0.238. The summed E-state index contributed by atoms with van der Waals surface area (Å²) in [6.07, 6.45) is 0. The van der Waals surface area contributed by atoms with Gasteiger partial charge in [0.1, 0.15) is 5.75 Å². The molecule has 0 spiro atoms. The predicted octanol–water partition coefficient (Wildman–Crippen LogP) is 5.62. The van der Waals surface area contributed by atoms with E-state index in [0.717, 1.165) is 16.9 Å². The van der Waals surface area contributed by atoms with Crippen molar-refractivity contribution in [3.63, 3.8) is 0 Å². The van der Waals surface area contributed by atoms with Crippen LogP contribution in [0.4, 0.5) is 0 Å². The Bertz CT molecular complexity index is 1110. The molecule has 1 aromatic carbocycles. The number of benzene rings is 1. The molecule has 0 saturated heterocycles. The van der Waals surface area contributed by atoms with Gasteiger partial charge in [0.2, 0.25) is 0 Å². The summed E-state index contributed by atoms with van der Waals surface area (Å²) >= 11 is 14.5. The van der Waals surface area contributed by atoms with E-state index in [2.05, 4.69) is 16.2 Å². The molecule has 6 nitrogen and oxygen atoms in total. The summed E-state index contributed by atoms with van der Waals surface area (Å²) in [6.45, 7) is 5.56. The van der Waals surface area contributed by atoms with Crippen LogP contribution >= 0.6 is 45.9 Å². The highest BCUT2D eigenvalue weighted by atomic mass is 35.5. The van der Waals surface area contributed by atoms with Crippen molar-refractivity contribution >= 4 is 57.7 Å². The van der Waals surface area contributed by atoms with Crippen molar-refractivity contribution in [3.8, 4) is 16.2 Å². The molecule has 0 fully saturated rings. The van der Waals surface area contributed by atoms with Gasteiger partial charge in [-0.05, 0) is 50.6 Å². The molecule has 3 rings (SSSR count). The van der Waals surface area contributed by atoms with E-state index in [4.69, 9.17) is 23.2 Å². The molecule has 2 amide bonds. The Kier molecular flexibility index (Phi) is 7.61. The molecular formula is C21H21Cl2N3O3S2. The van der Waals surface area contributed by atoms with Gasteiger partial charge in [-0.2, -0.15) is 0 Å². The van der Waals surface area contributed by atoms with E-state index in [9.17, 15) is 14.7 Å². The maximum Gasteiger partial charge on any atom is 0.275 e. The molecule has 1 atom stereocenters. The number of hydrogen-bond donors (Lipinski definition) is 4. The predicted molar refractivity (Wildman–Crippen MR) is 127 cm³/mol. The summed E-state index contributed by atoms with van der Waals surface area (Å²) in [5.41, 5.74) is 6.92. The third-order valence-electron chi connectivity index (χ3n) is 4.32. The van der Waals surface area contributed by atoms with Crippen molar-refractivity contribution < 1.29 is 14.7 Å². The van der Waals surface area contributed by atoms with Crippen molar-refractivity contribution in [1.29, 1.82) is 0 Å². The quantitative estimate of drug-likeness (QED) is 0.318. The lowest BCUT2D eigenvalue weighted by atomic mass is 10.1. The normalized spacial score (nSPS) is 12.1. The van der Waals surface area contributed by atoms with Gasteiger partial charge in [0.15, 0.2) is 0 Å². The minimum atomic E-state index is -0.361. The maximum atomic E-state index is 12.4.